The number of hydrogen-bond acceptors (Lipinski definition) is 3. The summed E-state index contributed by atoms with van der Waals surface area (Å²) in [7, 11) is -2.12. The van der Waals surface area contributed by atoms with E-state index in [9.17, 15) is 8.42 Å². The second-order valence-electron chi connectivity index (χ2n) is 4.66. The first-order valence-electron chi connectivity index (χ1n) is 6.34. The third-order valence-corrected chi connectivity index (χ3v) is 5.31. The molecule has 2 aromatic carbocycles. The number of sulfonamides is 1. The Morgan fingerprint density at radius 3 is 2.52 bits per heavy atom. The molecule has 0 unspecified atom stereocenters. The zero-order chi connectivity index (χ0) is 15.5. The number of aliphatic hydroxyl groups is 1. The Hall–Kier alpha value is -1.40. The van der Waals surface area contributed by atoms with E-state index in [1.54, 1.807) is 30.3 Å². The SMILES string of the molecule is CN(Cc1ccccc1Cl)S(=O)(=O)c1cccc(CO)c1. The third-order valence-electron chi connectivity index (χ3n) is 3.14. The van der Waals surface area contributed by atoms with Crippen molar-refractivity contribution >= 4 is 21.6 Å². The molecule has 112 valence electrons. The number of nitrogens with zero attached hydrogens (tertiary/aromatic N) is 1. The summed E-state index contributed by atoms with van der Waals surface area (Å²) in [5, 5.41) is 9.64. The van der Waals surface area contributed by atoms with Crippen molar-refractivity contribution in [3.05, 3.63) is 64.7 Å². The molecule has 0 fully saturated rings. The molecule has 2 aromatic rings. The van der Waals surface area contributed by atoms with Gasteiger partial charge in [-0.15, -0.1) is 0 Å². The Balaban J connectivity index is 2.28. The second kappa shape index (κ2) is 6.58. The van der Waals surface area contributed by atoms with Crippen molar-refractivity contribution in [2.45, 2.75) is 18.0 Å². The highest BCUT2D eigenvalue weighted by Crippen LogP contribution is 2.21. The van der Waals surface area contributed by atoms with Crippen molar-refractivity contribution in [3.63, 3.8) is 0 Å². The average molecular weight is 326 g/mol. The Labute approximate surface area is 129 Å². The highest BCUT2D eigenvalue weighted by molar-refractivity contribution is 7.89. The van der Waals surface area contributed by atoms with Crippen molar-refractivity contribution in [2.24, 2.45) is 0 Å². The smallest absolute Gasteiger partial charge is 0.243 e. The molecule has 0 radical (unpaired) electrons. The van der Waals surface area contributed by atoms with Crippen LogP contribution >= 0.6 is 11.6 Å². The number of benzene rings is 2. The lowest BCUT2D eigenvalue weighted by Crippen LogP contribution is -2.26. The fourth-order valence-corrected chi connectivity index (χ4v) is 3.35. The predicted molar refractivity (Wildman–Crippen MR) is 82.5 cm³/mol. The largest absolute Gasteiger partial charge is 0.392 e. The van der Waals surface area contributed by atoms with Gasteiger partial charge in [-0.1, -0.05) is 41.9 Å². The zero-order valence-electron chi connectivity index (χ0n) is 11.5. The first-order chi connectivity index (χ1) is 9.95. The van der Waals surface area contributed by atoms with Gasteiger partial charge in [0.2, 0.25) is 10.0 Å². The Kier molecular flexibility index (Phi) is 5.00. The van der Waals surface area contributed by atoms with Crippen molar-refractivity contribution in [1.82, 2.24) is 4.31 Å². The van der Waals surface area contributed by atoms with Crippen LogP contribution in [0.3, 0.4) is 0 Å². The summed E-state index contributed by atoms with van der Waals surface area (Å²) in [5.74, 6) is 0. The molecule has 0 atom stereocenters. The molecule has 2 rings (SSSR count). The van der Waals surface area contributed by atoms with Gasteiger partial charge in [0.15, 0.2) is 0 Å². The van der Waals surface area contributed by atoms with Gasteiger partial charge in [0.1, 0.15) is 0 Å². The van der Waals surface area contributed by atoms with Crippen molar-refractivity contribution in [2.75, 3.05) is 7.05 Å². The Morgan fingerprint density at radius 1 is 1.14 bits per heavy atom. The average Bonchev–Trinajstić information content (AvgIpc) is 2.49. The molecule has 0 saturated carbocycles. The summed E-state index contributed by atoms with van der Waals surface area (Å²) in [4.78, 5) is 0.156. The molecule has 4 nitrogen and oxygen atoms in total. The summed E-state index contributed by atoms with van der Waals surface area (Å²) < 4.78 is 26.3. The van der Waals surface area contributed by atoms with Gasteiger partial charge in [-0.05, 0) is 29.3 Å². The summed E-state index contributed by atoms with van der Waals surface area (Å²) in [6, 6.07) is 13.4. The lowest BCUT2D eigenvalue weighted by molar-refractivity contribution is 0.281. The molecule has 0 bridgehead atoms. The maximum Gasteiger partial charge on any atom is 0.243 e. The van der Waals surface area contributed by atoms with E-state index in [4.69, 9.17) is 16.7 Å². The quantitative estimate of drug-likeness (QED) is 0.919. The number of halogens is 1. The number of rotatable bonds is 5. The number of aliphatic hydroxyl groups excluding tert-OH is 1. The van der Waals surface area contributed by atoms with Crippen LogP contribution in [0.5, 0.6) is 0 Å². The summed E-state index contributed by atoms with van der Waals surface area (Å²) in [5.41, 5.74) is 1.30. The molecule has 0 aliphatic heterocycles. The molecule has 21 heavy (non-hydrogen) atoms. The normalized spacial score (nSPS) is 11.8. The topological polar surface area (TPSA) is 57.6 Å². The Morgan fingerprint density at radius 2 is 1.86 bits per heavy atom. The number of hydrogen-bond donors (Lipinski definition) is 1. The molecule has 0 aromatic heterocycles. The molecular formula is C15H16ClNO3S. The minimum Gasteiger partial charge on any atom is -0.392 e. The molecule has 6 heteroatoms. The van der Waals surface area contributed by atoms with Crippen LogP contribution in [0.15, 0.2) is 53.4 Å². The van der Waals surface area contributed by atoms with E-state index in [1.807, 2.05) is 6.07 Å². The van der Waals surface area contributed by atoms with Gasteiger partial charge in [0.25, 0.3) is 0 Å². The van der Waals surface area contributed by atoms with E-state index >= 15 is 0 Å². The van der Waals surface area contributed by atoms with E-state index in [-0.39, 0.29) is 18.0 Å². The third kappa shape index (κ3) is 3.63. The van der Waals surface area contributed by atoms with Crippen LogP contribution in [0.2, 0.25) is 5.02 Å². The van der Waals surface area contributed by atoms with E-state index in [2.05, 4.69) is 0 Å². The fraction of sp³-hybridized carbons (Fsp3) is 0.200. The van der Waals surface area contributed by atoms with Crippen LogP contribution in [-0.4, -0.2) is 24.9 Å². The van der Waals surface area contributed by atoms with Gasteiger partial charge >= 0.3 is 0 Å². The van der Waals surface area contributed by atoms with Crippen molar-refractivity contribution in [3.8, 4) is 0 Å². The predicted octanol–water partition coefficient (Wildman–Crippen LogP) is 2.65. The highest BCUT2D eigenvalue weighted by atomic mass is 35.5. The van der Waals surface area contributed by atoms with Crippen LogP contribution in [-0.2, 0) is 23.2 Å². The lowest BCUT2D eigenvalue weighted by Gasteiger charge is -2.18. The molecule has 0 heterocycles. The van der Waals surface area contributed by atoms with Gasteiger partial charge in [-0.25, -0.2) is 8.42 Å². The van der Waals surface area contributed by atoms with E-state index in [0.29, 0.717) is 10.6 Å². The first kappa shape index (κ1) is 16.0. The molecule has 0 amide bonds. The molecule has 1 N–H and O–H groups in total. The second-order valence-corrected chi connectivity index (χ2v) is 7.11. The summed E-state index contributed by atoms with van der Waals surface area (Å²) in [6.45, 7) is -0.0110. The fourth-order valence-electron chi connectivity index (χ4n) is 1.94. The van der Waals surface area contributed by atoms with E-state index < -0.39 is 10.0 Å². The van der Waals surface area contributed by atoms with Crippen LogP contribution in [0, 0.1) is 0 Å². The molecule has 0 spiro atoms. The van der Waals surface area contributed by atoms with E-state index in [0.717, 1.165) is 5.56 Å². The van der Waals surface area contributed by atoms with Gasteiger partial charge in [0.05, 0.1) is 11.5 Å². The minimum absolute atomic E-state index is 0.156. The molecule has 0 aliphatic carbocycles. The lowest BCUT2D eigenvalue weighted by atomic mass is 10.2. The minimum atomic E-state index is -3.62. The first-order valence-corrected chi connectivity index (χ1v) is 8.16. The molecule has 0 aliphatic rings. The van der Waals surface area contributed by atoms with Gasteiger partial charge < -0.3 is 5.11 Å². The van der Waals surface area contributed by atoms with E-state index in [1.165, 1.54) is 23.5 Å². The van der Waals surface area contributed by atoms with Crippen LogP contribution in [0.4, 0.5) is 0 Å². The highest BCUT2D eigenvalue weighted by Gasteiger charge is 2.21. The zero-order valence-corrected chi connectivity index (χ0v) is 13.1. The molecule has 0 saturated heterocycles. The monoisotopic (exact) mass is 325 g/mol. The summed E-state index contributed by atoms with van der Waals surface area (Å²) >= 11 is 6.06. The standard InChI is InChI=1S/C15H16ClNO3S/c1-17(10-13-6-2-3-8-15(13)16)21(19,20)14-7-4-5-12(9-14)11-18/h2-9,18H,10-11H2,1H3. The van der Waals surface area contributed by atoms with Gasteiger partial charge in [-0.3, -0.25) is 0 Å². The van der Waals surface area contributed by atoms with Crippen LogP contribution in [0.25, 0.3) is 0 Å². The maximum atomic E-state index is 12.5. The van der Waals surface area contributed by atoms with Gasteiger partial charge in [0, 0.05) is 18.6 Å². The van der Waals surface area contributed by atoms with Gasteiger partial charge in [-0.2, -0.15) is 4.31 Å². The Bertz CT molecular complexity index is 731. The summed E-state index contributed by atoms with van der Waals surface area (Å²) in [6.07, 6.45) is 0. The van der Waals surface area contributed by atoms with Crippen LogP contribution in [0.1, 0.15) is 11.1 Å². The van der Waals surface area contributed by atoms with Crippen molar-refractivity contribution in [1.29, 1.82) is 0 Å². The van der Waals surface area contributed by atoms with Crippen molar-refractivity contribution < 1.29 is 13.5 Å². The molecular weight excluding hydrogens is 310 g/mol. The van der Waals surface area contributed by atoms with Crippen LogP contribution < -0.4 is 0 Å². The maximum absolute atomic E-state index is 12.5.